The number of aromatic nitrogens is 2. The summed E-state index contributed by atoms with van der Waals surface area (Å²) in [6.45, 7) is 4.73. The van der Waals surface area contributed by atoms with Crippen LogP contribution >= 0.6 is 15.9 Å². The van der Waals surface area contributed by atoms with Crippen LogP contribution in [0.4, 0.5) is 10.2 Å². The number of nitrogens with one attached hydrogen (secondary N) is 1. The quantitative estimate of drug-likeness (QED) is 0.888. The second-order valence-electron chi connectivity index (χ2n) is 4.07. The van der Waals surface area contributed by atoms with Crippen LogP contribution in [-0.2, 0) is 6.42 Å². The highest BCUT2D eigenvalue weighted by molar-refractivity contribution is 9.10. The molecule has 20 heavy (non-hydrogen) atoms. The van der Waals surface area contributed by atoms with Crippen molar-refractivity contribution >= 4 is 21.7 Å². The van der Waals surface area contributed by atoms with Gasteiger partial charge in [0.1, 0.15) is 23.2 Å². The maximum atomic E-state index is 13.2. The molecule has 0 saturated carbocycles. The zero-order chi connectivity index (χ0) is 14.5. The minimum atomic E-state index is -0.331. The van der Waals surface area contributed by atoms with Gasteiger partial charge in [-0.05, 0) is 41.1 Å². The Morgan fingerprint density at radius 2 is 2.05 bits per heavy atom. The third-order valence-corrected chi connectivity index (χ3v) is 3.14. The average molecular weight is 340 g/mol. The first-order valence-electron chi connectivity index (χ1n) is 6.37. The first-order chi connectivity index (χ1) is 9.62. The van der Waals surface area contributed by atoms with E-state index >= 15 is 0 Å². The SMILES string of the molecule is CCNc1cc(Oc2ccc(F)c(Br)c2)nc(CC)n1. The summed E-state index contributed by atoms with van der Waals surface area (Å²) >= 11 is 3.13. The smallest absolute Gasteiger partial charge is 0.224 e. The minimum Gasteiger partial charge on any atom is -0.439 e. The number of hydrogen-bond acceptors (Lipinski definition) is 4. The number of ether oxygens (including phenoxy) is 1. The summed E-state index contributed by atoms with van der Waals surface area (Å²) in [4.78, 5) is 8.64. The van der Waals surface area contributed by atoms with Crippen LogP contribution < -0.4 is 10.1 Å². The third-order valence-electron chi connectivity index (χ3n) is 2.54. The maximum Gasteiger partial charge on any atom is 0.224 e. The lowest BCUT2D eigenvalue weighted by Gasteiger charge is -2.09. The van der Waals surface area contributed by atoms with Crippen LogP contribution in [0.3, 0.4) is 0 Å². The number of nitrogens with zero attached hydrogens (tertiary/aromatic N) is 2. The fourth-order valence-electron chi connectivity index (χ4n) is 1.62. The zero-order valence-corrected chi connectivity index (χ0v) is 12.9. The van der Waals surface area contributed by atoms with Crippen molar-refractivity contribution in [3.63, 3.8) is 0 Å². The Morgan fingerprint density at radius 3 is 2.70 bits per heavy atom. The third kappa shape index (κ3) is 3.66. The number of rotatable bonds is 5. The summed E-state index contributed by atoms with van der Waals surface area (Å²) in [6.07, 6.45) is 0.711. The van der Waals surface area contributed by atoms with Crippen molar-refractivity contribution < 1.29 is 9.13 Å². The summed E-state index contributed by atoms with van der Waals surface area (Å²) in [5.41, 5.74) is 0. The van der Waals surface area contributed by atoms with Crippen LogP contribution in [0.5, 0.6) is 11.6 Å². The van der Waals surface area contributed by atoms with Gasteiger partial charge < -0.3 is 10.1 Å². The molecular formula is C14H15BrFN3O. The Hall–Kier alpha value is -1.69. The Morgan fingerprint density at radius 1 is 1.25 bits per heavy atom. The number of hydrogen-bond donors (Lipinski definition) is 1. The van der Waals surface area contributed by atoms with Crippen molar-refractivity contribution in [1.29, 1.82) is 0 Å². The van der Waals surface area contributed by atoms with Gasteiger partial charge in [-0.3, -0.25) is 0 Å². The molecule has 0 fully saturated rings. The molecular weight excluding hydrogens is 325 g/mol. The van der Waals surface area contributed by atoms with Gasteiger partial charge in [0.2, 0.25) is 5.88 Å². The lowest BCUT2D eigenvalue weighted by molar-refractivity contribution is 0.457. The van der Waals surface area contributed by atoms with E-state index < -0.39 is 0 Å². The fraction of sp³-hybridized carbons (Fsp3) is 0.286. The molecule has 2 aromatic rings. The molecule has 1 aromatic carbocycles. The van der Waals surface area contributed by atoms with Gasteiger partial charge in [-0.15, -0.1) is 0 Å². The topological polar surface area (TPSA) is 47.0 Å². The Kier molecular flexibility index (Phi) is 4.89. The molecule has 0 aliphatic carbocycles. The Bertz CT molecular complexity index is 607. The molecule has 0 spiro atoms. The van der Waals surface area contributed by atoms with E-state index in [1.54, 1.807) is 18.2 Å². The van der Waals surface area contributed by atoms with Gasteiger partial charge >= 0.3 is 0 Å². The monoisotopic (exact) mass is 339 g/mol. The van der Waals surface area contributed by atoms with Crippen LogP contribution in [0.25, 0.3) is 0 Å². The van der Waals surface area contributed by atoms with Gasteiger partial charge in [0.15, 0.2) is 0 Å². The van der Waals surface area contributed by atoms with Gasteiger partial charge in [0.25, 0.3) is 0 Å². The molecule has 0 aliphatic heterocycles. The van der Waals surface area contributed by atoms with Crippen LogP contribution in [0.2, 0.25) is 0 Å². The predicted molar refractivity (Wildman–Crippen MR) is 79.7 cm³/mol. The minimum absolute atomic E-state index is 0.331. The molecule has 4 nitrogen and oxygen atoms in total. The van der Waals surface area contributed by atoms with E-state index in [0.29, 0.717) is 28.3 Å². The molecule has 0 atom stereocenters. The van der Waals surface area contributed by atoms with E-state index in [4.69, 9.17) is 4.74 Å². The molecule has 1 heterocycles. The van der Waals surface area contributed by atoms with E-state index in [2.05, 4.69) is 31.2 Å². The molecule has 0 aliphatic rings. The first-order valence-corrected chi connectivity index (χ1v) is 7.16. The fourth-order valence-corrected chi connectivity index (χ4v) is 1.97. The van der Waals surface area contributed by atoms with E-state index in [1.165, 1.54) is 6.07 Å². The number of anilines is 1. The number of benzene rings is 1. The lowest BCUT2D eigenvalue weighted by atomic mass is 10.3. The Balaban J connectivity index is 2.27. The molecule has 0 amide bonds. The molecule has 0 unspecified atom stereocenters. The molecule has 1 N–H and O–H groups in total. The molecule has 0 radical (unpaired) electrons. The van der Waals surface area contributed by atoms with Crippen molar-refractivity contribution in [1.82, 2.24) is 9.97 Å². The van der Waals surface area contributed by atoms with Crippen molar-refractivity contribution in [2.45, 2.75) is 20.3 Å². The highest BCUT2D eigenvalue weighted by atomic mass is 79.9. The molecule has 0 bridgehead atoms. The van der Waals surface area contributed by atoms with Gasteiger partial charge in [-0.1, -0.05) is 6.92 Å². The number of halogens is 2. The molecule has 106 valence electrons. The van der Waals surface area contributed by atoms with Crippen molar-refractivity contribution in [2.24, 2.45) is 0 Å². The normalized spacial score (nSPS) is 10.4. The van der Waals surface area contributed by atoms with E-state index in [-0.39, 0.29) is 5.82 Å². The highest BCUT2D eigenvalue weighted by Crippen LogP contribution is 2.26. The van der Waals surface area contributed by atoms with E-state index in [0.717, 1.165) is 12.4 Å². The highest BCUT2D eigenvalue weighted by Gasteiger charge is 2.07. The maximum absolute atomic E-state index is 13.2. The molecule has 0 saturated heterocycles. The van der Waals surface area contributed by atoms with Gasteiger partial charge in [-0.2, -0.15) is 4.98 Å². The van der Waals surface area contributed by atoms with Crippen LogP contribution in [0.15, 0.2) is 28.7 Å². The second kappa shape index (κ2) is 6.65. The molecule has 1 aromatic heterocycles. The van der Waals surface area contributed by atoms with Crippen molar-refractivity contribution in [2.75, 3.05) is 11.9 Å². The van der Waals surface area contributed by atoms with Crippen LogP contribution in [0, 0.1) is 5.82 Å². The molecule has 6 heteroatoms. The summed E-state index contributed by atoms with van der Waals surface area (Å²) in [5, 5.41) is 3.13. The van der Waals surface area contributed by atoms with Crippen LogP contribution in [-0.4, -0.2) is 16.5 Å². The molecule has 2 rings (SSSR count). The largest absolute Gasteiger partial charge is 0.439 e. The van der Waals surface area contributed by atoms with Crippen molar-refractivity contribution in [3.05, 3.63) is 40.4 Å². The summed E-state index contributed by atoms with van der Waals surface area (Å²) < 4.78 is 19.2. The van der Waals surface area contributed by atoms with Crippen LogP contribution in [0.1, 0.15) is 19.7 Å². The van der Waals surface area contributed by atoms with E-state index in [9.17, 15) is 4.39 Å². The zero-order valence-electron chi connectivity index (χ0n) is 11.3. The van der Waals surface area contributed by atoms with E-state index in [1.807, 2.05) is 13.8 Å². The van der Waals surface area contributed by atoms with Crippen molar-refractivity contribution in [3.8, 4) is 11.6 Å². The summed E-state index contributed by atoms with van der Waals surface area (Å²) in [5.74, 6) is 2.03. The lowest BCUT2D eigenvalue weighted by Crippen LogP contribution is -2.04. The second-order valence-corrected chi connectivity index (χ2v) is 4.92. The summed E-state index contributed by atoms with van der Waals surface area (Å²) in [6, 6.07) is 6.18. The summed E-state index contributed by atoms with van der Waals surface area (Å²) in [7, 11) is 0. The standard InChI is InChI=1S/C14H15BrFN3O/c1-3-12-18-13(17-4-2)8-14(19-12)20-9-5-6-11(16)10(15)7-9/h5-8H,3-4H2,1-2H3,(H,17,18,19). The average Bonchev–Trinajstić information content (AvgIpc) is 2.43. The van der Waals surface area contributed by atoms with Gasteiger partial charge in [-0.25, -0.2) is 9.37 Å². The Labute approximate surface area is 125 Å². The predicted octanol–water partition coefficient (Wildman–Crippen LogP) is 4.16. The first kappa shape index (κ1) is 14.7. The van der Waals surface area contributed by atoms with Gasteiger partial charge in [0.05, 0.1) is 4.47 Å². The number of aryl methyl sites for hydroxylation is 1. The van der Waals surface area contributed by atoms with Gasteiger partial charge in [0, 0.05) is 19.0 Å².